The summed E-state index contributed by atoms with van der Waals surface area (Å²) >= 11 is 0. The highest BCUT2D eigenvalue weighted by molar-refractivity contribution is 5.84. The zero-order chi connectivity index (χ0) is 25.8. The lowest BCUT2D eigenvalue weighted by Crippen LogP contribution is -2.51. The molecule has 1 saturated carbocycles. The Labute approximate surface area is 221 Å². The number of hydrogen-bond donors (Lipinski definition) is 0. The number of ether oxygens (including phenoxy) is 1. The van der Waals surface area contributed by atoms with Crippen molar-refractivity contribution in [3.05, 3.63) is 84.2 Å². The van der Waals surface area contributed by atoms with Crippen molar-refractivity contribution in [1.82, 2.24) is 9.88 Å². The molecule has 4 heteroatoms. The van der Waals surface area contributed by atoms with Crippen molar-refractivity contribution in [2.75, 3.05) is 20.1 Å². The quantitative estimate of drug-likeness (QED) is 0.285. The van der Waals surface area contributed by atoms with Crippen LogP contribution in [0, 0.1) is 17.8 Å². The molecule has 1 heterocycles. The molecule has 37 heavy (non-hydrogen) atoms. The highest BCUT2D eigenvalue weighted by Crippen LogP contribution is 2.53. The van der Waals surface area contributed by atoms with Gasteiger partial charge in [0.25, 0.3) is 0 Å². The fourth-order valence-corrected chi connectivity index (χ4v) is 6.31. The number of pyridine rings is 1. The van der Waals surface area contributed by atoms with Crippen molar-refractivity contribution < 1.29 is 9.53 Å². The molecule has 3 aliphatic rings. The minimum Gasteiger partial charge on any atom is -0.458 e. The van der Waals surface area contributed by atoms with Crippen LogP contribution < -0.4 is 0 Å². The maximum Gasteiger partial charge on any atom is 0.308 e. The molecule has 0 spiro atoms. The molecule has 0 saturated heterocycles. The largest absolute Gasteiger partial charge is 0.458 e. The standard InChI is InChI=1S/C33H40N2O2/c1-24(2)32(36)37-33(21-26-15-16-29(33)20-31(26)25-10-5-4-6-11-25)17-19-35(3)18-9-13-28-23-34-22-27-12-7-8-14-30(27)28/h4-8,10-12,14,20,22-24,26,29H,9,13,15-19,21H2,1-3H3. The Bertz CT molecular complexity index is 1250. The Morgan fingerprint density at radius 2 is 1.84 bits per heavy atom. The average molecular weight is 497 g/mol. The number of aromatic nitrogens is 1. The van der Waals surface area contributed by atoms with E-state index in [9.17, 15) is 4.79 Å². The molecule has 2 aromatic carbocycles. The van der Waals surface area contributed by atoms with Gasteiger partial charge in [0.1, 0.15) is 5.60 Å². The van der Waals surface area contributed by atoms with Gasteiger partial charge in [-0.1, -0.05) is 74.5 Å². The minimum atomic E-state index is -0.392. The molecule has 3 aromatic rings. The Balaban J connectivity index is 1.25. The van der Waals surface area contributed by atoms with Crippen LogP contribution in [0.1, 0.15) is 57.1 Å². The molecular weight excluding hydrogens is 456 g/mol. The molecule has 3 unspecified atom stereocenters. The van der Waals surface area contributed by atoms with E-state index < -0.39 is 5.60 Å². The van der Waals surface area contributed by atoms with Gasteiger partial charge in [0.2, 0.25) is 0 Å². The molecule has 0 amide bonds. The van der Waals surface area contributed by atoms with Crippen molar-refractivity contribution in [3.63, 3.8) is 0 Å². The second kappa shape index (κ2) is 11.2. The van der Waals surface area contributed by atoms with E-state index in [2.05, 4.69) is 77.6 Å². The van der Waals surface area contributed by atoms with Crippen molar-refractivity contribution >= 4 is 22.3 Å². The van der Waals surface area contributed by atoms with Crippen LogP contribution in [0.2, 0.25) is 0 Å². The highest BCUT2D eigenvalue weighted by Gasteiger charge is 2.50. The number of hydrogen-bond acceptors (Lipinski definition) is 4. The molecule has 0 radical (unpaired) electrons. The van der Waals surface area contributed by atoms with Gasteiger partial charge in [0, 0.05) is 36.7 Å². The van der Waals surface area contributed by atoms with E-state index >= 15 is 0 Å². The zero-order valence-corrected chi connectivity index (χ0v) is 22.5. The number of fused-ring (bicyclic) bond motifs is 3. The van der Waals surface area contributed by atoms with Gasteiger partial charge in [-0.25, -0.2) is 0 Å². The summed E-state index contributed by atoms with van der Waals surface area (Å²) in [5, 5.41) is 2.51. The van der Waals surface area contributed by atoms with Gasteiger partial charge in [-0.05, 0) is 73.7 Å². The molecular formula is C33H40N2O2. The first-order chi connectivity index (χ1) is 17.9. The first-order valence-electron chi connectivity index (χ1n) is 14.0. The van der Waals surface area contributed by atoms with E-state index in [0.717, 1.165) is 45.2 Å². The summed E-state index contributed by atoms with van der Waals surface area (Å²) in [5.41, 5.74) is 3.69. The zero-order valence-electron chi connectivity index (χ0n) is 22.5. The summed E-state index contributed by atoms with van der Waals surface area (Å²) in [5.74, 6) is 0.567. The molecule has 0 aliphatic heterocycles. The third kappa shape index (κ3) is 5.65. The van der Waals surface area contributed by atoms with E-state index in [4.69, 9.17) is 4.74 Å². The summed E-state index contributed by atoms with van der Waals surface area (Å²) in [6, 6.07) is 19.2. The van der Waals surface area contributed by atoms with E-state index in [1.54, 1.807) is 0 Å². The molecule has 4 nitrogen and oxygen atoms in total. The van der Waals surface area contributed by atoms with Crippen LogP contribution in [0.25, 0.3) is 16.3 Å². The van der Waals surface area contributed by atoms with Crippen LogP contribution >= 0.6 is 0 Å². The third-order valence-electron chi connectivity index (χ3n) is 8.45. The molecule has 1 aromatic heterocycles. The number of benzene rings is 2. The number of rotatable bonds is 10. The first kappa shape index (κ1) is 25.7. The summed E-state index contributed by atoms with van der Waals surface area (Å²) < 4.78 is 6.41. The van der Waals surface area contributed by atoms with Crippen LogP contribution in [0.4, 0.5) is 0 Å². The van der Waals surface area contributed by atoms with E-state index in [-0.39, 0.29) is 17.8 Å². The van der Waals surface area contributed by atoms with Crippen molar-refractivity contribution in [2.24, 2.45) is 17.8 Å². The predicted molar refractivity (Wildman–Crippen MR) is 151 cm³/mol. The topological polar surface area (TPSA) is 42.4 Å². The van der Waals surface area contributed by atoms with Crippen LogP contribution in [0.5, 0.6) is 0 Å². The fraction of sp³-hybridized carbons (Fsp3) is 0.455. The lowest BCUT2D eigenvalue weighted by Gasteiger charge is -2.50. The number of aryl methyl sites for hydroxylation is 1. The number of allylic oxidation sites excluding steroid dienone is 1. The normalized spacial score (nSPS) is 23.0. The summed E-state index contributed by atoms with van der Waals surface area (Å²) in [6.07, 6.45) is 12.6. The number of nitrogens with zero attached hydrogens (tertiary/aromatic N) is 2. The smallest absolute Gasteiger partial charge is 0.308 e. The number of carbonyl (C=O) groups excluding carboxylic acids is 1. The summed E-state index contributed by atoms with van der Waals surface area (Å²) in [7, 11) is 2.20. The van der Waals surface area contributed by atoms with E-state index in [0.29, 0.717) is 5.92 Å². The van der Waals surface area contributed by atoms with Gasteiger partial charge in [-0.3, -0.25) is 9.78 Å². The molecule has 0 N–H and O–H groups in total. The number of carbonyl (C=O) groups is 1. The maximum absolute atomic E-state index is 12.9. The van der Waals surface area contributed by atoms with Crippen LogP contribution in [0.3, 0.4) is 0 Å². The second-order valence-electron chi connectivity index (χ2n) is 11.4. The van der Waals surface area contributed by atoms with Gasteiger partial charge in [0.05, 0.1) is 5.92 Å². The lowest BCUT2D eigenvalue weighted by molar-refractivity contribution is -0.176. The van der Waals surface area contributed by atoms with E-state index in [1.165, 1.54) is 33.9 Å². The second-order valence-corrected chi connectivity index (χ2v) is 11.4. The fourth-order valence-electron chi connectivity index (χ4n) is 6.31. The van der Waals surface area contributed by atoms with Crippen LogP contribution in [-0.4, -0.2) is 41.6 Å². The molecule has 3 aliphatic carbocycles. The Hall–Kier alpha value is -2.98. The van der Waals surface area contributed by atoms with Crippen molar-refractivity contribution in [3.8, 4) is 0 Å². The molecule has 1 fully saturated rings. The Kier molecular flexibility index (Phi) is 7.76. The molecule has 6 rings (SSSR count). The van der Waals surface area contributed by atoms with Gasteiger partial charge < -0.3 is 9.64 Å². The Morgan fingerprint density at radius 3 is 2.59 bits per heavy atom. The van der Waals surface area contributed by atoms with E-state index in [1.807, 2.05) is 26.2 Å². The molecule has 2 bridgehead atoms. The molecule has 3 atom stereocenters. The van der Waals surface area contributed by atoms with Gasteiger partial charge >= 0.3 is 5.97 Å². The van der Waals surface area contributed by atoms with Gasteiger partial charge in [0.15, 0.2) is 0 Å². The third-order valence-corrected chi connectivity index (χ3v) is 8.45. The van der Waals surface area contributed by atoms with Crippen molar-refractivity contribution in [1.29, 1.82) is 0 Å². The summed E-state index contributed by atoms with van der Waals surface area (Å²) in [4.78, 5) is 19.7. The first-order valence-corrected chi connectivity index (χ1v) is 14.0. The highest BCUT2D eigenvalue weighted by atomic mass is 16.6. The van der Waals surface area contributed by atoms with Crippen LogP contribution in [0.15, 0.2) is 73.1 Å². The lowest BCUT2D eigenvalue weighted by atomic mass is 9.60. The van der Waals surface area contributed by atoms with Crippen molar-refractivity contribution in [2.45, 2.75) is 58.0 Å². The predicted octanol–water partition coefficient (Wildman–Crippen LogP) is 6.94. The SMILES string of the molecule is CC(C)C(=O)OC1(CCN(C)CCCc2cncc3ccccc23)CC2CCC1C=C2c1ccccc1. The average Bonchev–Trinajstić information content (AvgIpc) is 2.93. The monoisotopic (exact) mass is 496 g/mol. The van der Waals surface area contributed by atoms with Crippen LogP contribution in [-0.2, 0) is 16.0 Å². The van der Waals surface area contributed by atoms with Gasteiger partial charge in [-0.2, -0.15) is 0 Å². The maximum atomic E-state index is 12.9. The Morgan fingerprint density at radius 1 is 1.05 bits per heavy atom. The van der Waals surface area contributed by atoms with Gasteiger partial charge in [-0.15, -0.1) is 0 Å². The minimum absolute atomic E-state index is 0.0617. The molecule has 194 valence electrons. The number of esters is 1. The summed E-state index contributed by atoms with van der Waals surface area (Å²) in [6.45, 7) is 5.82.